The van der Waals surface area contributed by atoms with Gasteiger partial charge < -0.3 is 19.5 Å². The molecule has 1 aromatic carbocycles. The Labute approximate surface area is 240 Å². The van der Waals surface area contributed by atoms with E-state index in [4.69, 9.17) is 14.2 Å². The van der Waals surface area contributed by atoms with Crippen LogP contribution >= 0.6 is 0 Å². The molecule has 2 aliphatic heterocycles. The molecule has 1 N–H and O–H groups in total. The first-order valence-electron chi connectivity index (χ1n) is 14.9. The third kappa shape index (κ3) is 6.70. The number of nitrogens with zero attached hydrogens (tertiary/aromatic N) is 4. The van der Waals surface area contributed by atoms with Crippen molar-refractivity contribution in [3.05, 3.63) is 57.1 Å². The summed E-state index contributed by atoms with van der Waals surface area (Å²) in [7, 11) is 0. The van der Waals surface area contributed by atoms with Gasteiger partial charge in [0.2, 0.25) is 5.91 Å². The number of hydrogen-bond donors (Lipinski definition) is 1. The standard InChI is InChI=1S/C31H42FN5O4/c1-20-23(12-17-36-15-10-21(11-16-36)27-24-9-8-22(32)19-26(24)41-35-27)29(38)37-14-5-7-25(28(37)34-20)40-18-6-13-33-30(39)31(2,3)4/h8-9,19,21,25H,5-7,10-18H2,1-4H3,(H,33,39). The lowest BCUT2D eigenvalue weighted by molar-refractivity contribution is -0.128. The summed E-state index contributed by atoms with van der Waals surface area (Å²) < 4.78 is 26.8. The third-order valence-corrected chi connectivity index (χ3v) is 8.36. The van der Waals surface area contributed by atoms with Crippen molar-refractivity contribution in [1.29, 1.82) is 0 Å². The van der Waals surface area contributed by atoms with Gasteiger partial charge in [0.25, 0.3) is 5.56 Å². The average molecular weight is 568 g/mol. The van der Waals surface area contributed by atoms with Crippen molar-refractivity contribution in [3.8, 4) is 0 Å². The van der Waals surface area contributed by atoms with Gasteiger partial charge in [-0.15, -0.1) is 0 Å². The fraction of sp³-hybridized carbons (Fsp3) is 0.613. The Bertz CT molecular complexity index is 1430. The number of amides is 1. The first-order chi connectivity index (χ1) is 19.6. The maximum Gasteiger partial charge on any atom is 0.257 e. The number of fused-ring (bicyclic) bond motifs is 2. The van der Waals surface area contributed by atoms with Crippen LogP contribution in [0.5, 0.6) is 0 Å². The summed E-state index contributed by atoms with van der Waals surface area (Å²) in [5.41, 5.74) is 2.62. The second kappa shape index (κ2) is 12.4. The Morgan fingerprint density at radius 3 is 2.73 bits per heavy atom. The Balaban J connectivity index is 1.14. The number of carbonyl (C=O) groups excluding carboxylic acids is 1. The van der Waals surface area contributed by atoms with Crippen LogP contribution in [-0.4, -0.2) is 58.3 Å². The molecule has 1 atom stereocenters. The number of benzene rings is 1. The molecule has 0 radical (unpaired) electrons. The topological polar surface area (TPSA) is 102 Å². The Morgan fingerprint density at radius 2 is 1.98 bits per heavy atom. The van der Waals surface area contributed by atoms with E-state index in [0.717, 1.165) is 73.5 Å². The minimum absolute atomic E-state index is 0.0302. The average Bonchev–Trinajstić information content (AvgIpc) is 3.35. The monoisotopic (exact) mass is 567 g/mol. The Kier molecular flexibility index (Phi) is 8.89. The van der Waals surface area contributed by atoms with E-state index in [1.165, 1.54) is 12.1 Å². The van der Waals surface area contributed by atoms with E-state index in [0.29, 0.717) is 38.1 Å². The molecule has 0 saturated carbocycles. The van der Waals surface area contributed by atoms with Crippen molar-refractivity contribution >= 4 is 16.9 Å². The van der Waals surface area contributed by atoms with E-state index in [9.17, 15) is 14.0 Å². The van der Waals surface area contributed by atoms with Crippen molar-refractivity contribution in [2.24, 2.45) is 5.41 Å². The van der Waals surface area contributed by atoms with Gasteiger partial charge in [-0.2, -0.15) is 0 Å². The van der Waals surface area contributed by atoms with Crippen molar-refractivity contribution in [3.63, 3.8) is 0 Å². The van der Waals surface area contributed by atoms with Crippen molar-refractivity contribution in [2.45, 2.75) is 84.8 Å². The molecule has 0 bridgehead atoms. The molecule has 0 spiro atoms. The quantitative estimate of drug-likeness (QED) is 0.375. The highest BCUT2D eigenvalue weighted by Gasteiger charge is 2.28. The lowest BCUT2D eigenvalue weighted by Crippen LogP contribution is -2.38. The molecule has 10 heteroatoms. The number of carbonyl (C=O) groups is 1. The summed E-state index contributed by atoms with van der Waals surface area (Å²) in [6.07, 6.45) is 4.76. The van der Waals surface area contributed by atoms with E-state index in [2.05, 4.69) is 15.4 Å². The highest BCUT2D eigenvalue weighted by Crippen LogP contribution is 2.33. The molecule has 4 heterocycles. The van der Waals surface area contributed by atoms with Gasteiger partial charge in [0.15, 0.2) is 5.58 Å². The molecule has 2 aromatic heterocycles. The van der Waals surface area contributed by atoms with Crippen LogP contribution in [0.15, 0.2) is 27.5 Å². The third-order valence-electron chi connectivity index (χ3n) is 8.36. The molecule has 1 saturated heterocycles. The molecular weight excluding hydrogens is 525 g/mol. The van der Waals surface area contributed by atoms with E-state index in [-0.39, 0.29) is 29.3 Å². The number of rotatable bonds is 9. The lowest BCUT2D eigenvalue weighted by Gasteiger charge is -2.31. The number of hydrogen-bond acceptors (Lipinski definition) is 7. The number of piperidine rings is 1. The second-order valence-corrected chi connectivity index (χ2v) is 12.4. The molecular formula is C31H42FN5O4. The summed E-state index contributed by atoms with van der Waals surface area (Å²) in [6.45, 7) is 12.0. The van der Waals surface area contributed by atoms with Crippen LogP contribution in [0.25, 0.3) is 11.0 Å². The second-order valence-electron chi connectivity index (χ2n) is 12.4. The van der Waals surface area contributed by atoms with Crippen LogP contribution < -0.4 is 10.9 Å². The van der Waals surface area contributed by atoms with Gasteiger partial charge in [0.05, 0.1) is 5.69 Å². The summed E-state index contributed by atoms with van der Waals surface area (Å²) in [5.74, 6) is 0.714. The van der Waals surface area contributed by atoms with E-state index < -0.39 is 5.41 Å². The van der Waals surface area contributed by atoms with E-state index in [1.54, 1.807) is 6.07 Å². The maximum absolute atomic E-state index is 13.5. The van der Waals surface area contributed by atoms with Crippen LogP contribution in [-0.2, 0) is 22.5 Å². The van der Waals surface area contributed by atoms with Crippen molar-refractivity contribution in [2.75, 3.05) is 32.8 Å². The smallest absolute Gasteiger partial charge is 0.257 e. The van der Waals surface area contributed by atoms with Crippen LogP contribution in [0.1, 0.15) is 87.7 Å². The van der Waals surface area contributed by atoms with E-state index in [1.807, 2.05) is 32.3 Å². The van der Waals surface area contributed by atoms with Gasteiger partial charge in [-0.05, 0) is 70.7 Å². The van der Waals surface area contributed by atoms with Gasteiger partial charge in [-0.25, -0.2) is 9.37 Å². The lowest BCUT2D eigenvalue weighted by atomic mass is 9.91. The molecule has 1 unspecified atom stereocenters. The molecule has 0 aliphatic carbocycles. The first-order valence-corrected chi connectivity index (χ1v) is 14.9. The zero-order chi connectivity index (χ0) is 29.1. The fourth-order valence-electron chi connectivity index (χ4n) is 5.88. The van der Waals surface area contributed by atoms with Crippen LogP contribution in [0.4, 0.5) is 4.39 Å². The maximum atomic E-state index is 13.5. The fourth-order valence-corrected chi connectivity index (χ4v) is 5.88. The SMILES string of the molecule is Cc1nc2n(c(=O)c1CCN1CCC(c3noc4cc(F)ccc34)CC1)CCCC2OCCCNC(=O)C(C)(C)C. The number of aromatic nitrogens is 3. The number of aryl methyl sites for hydroxylation is 1. The minimum Gasteiger partial charge on any atom is -0.370 e. The predicted octanol–water partition coefficient (Wildman–Crippen LogP) is 4.66. The molecule has 3 aromatic rings. The molecule has 2 aliphatic rings. The Hall–Kier alpha value is -3.11. The summed E-state index contributed by atoms with van der Waals surface area (Å²) in [5, 5.41) is 8.10. The van der Waals surface area contributed by atoms with Crippen LogP contribution in [0, 0.1) is 18.2 Å². The highest BCUT2D eigenvalue weighted by atomic mass is 19.1. The van der Waals surface area contributed by atoms with Gasteiger partial charge in [-0.1, -0.05) is 25.9 Å². The predicted molar refractivity (Wildman–Crippen MR) is 154 cm³/mol. The molecule has 1 amide bonds. The molecule has 9 nitrogen and oxygen atoms in total. The molecule has 41 heavy (non-hydrogen) atoms. The van der Waals surface area contributed by atoms with Gasteiger partial charge in [-0.3, -0.25) is 14.2 Å². The minimum atomic E-state index is -0.407. The first kappa shape index (κ1) is 29.4. The molecule has 1 fully saturated rings. The van der Waals surface area contributed by atoms with Gasteiger partial charge in [0, 0.05) is 60.3 Å². The van der Waals surface area contributed by atoms with E-state index >= 15 is 0 Å². The zero-order valence-electron chi connectivity index (χ0n) is 24.7. The zero-order valence-corrected chi connectivity index (χ0v) is 24.7. The normalized spacial score (nSPS) is 18.5. The summed E-state index contributed by atoms with van der Waals surface area (Å²) >= 11 is 0. The number of halogens is 1. The number of nitrogens with one attached hydrogen (secondary N) is 1. The molecule has 5 rings (SSSR count). The van der Waals surface area contributed by atoms with Crippen LogP contribution in [0.2, 0.25) is 0 Å². The van der Waals surface area contributed by atoms with Gasteiger partial charge >= 0.3 is 0 Å². The molecule has 222 valence electrons. The largest absolute Gasteiger partial charge is 0.370 e. The highest BCUT2D eigenvalue weighted by molar-refractivity contribution is 5.81. The summed E-state index contributed by atoms with van der Waals surface area (Å²) in [6, 6.07) is 4.60. The number of ether oxygens (including phenoxy) is 1. The van der Waals surface area contributed by atoms with Crippen LogP contribution in [0.3, 0.4) is 0 Å². The summed E-state index contributed by atoms with van der Waals surface area (Å²) in [4.78, 5) is 32.8. The van der Waals surface area contributed by atoms with Crippen molar-refractivity contribution in [1.82, 2.24) is 24.9 Å². The van der Waals surface area contributed by atoms with Crippen molar-refractivity contribution < 1.29 is 18.4 Å². The Morgan fingerprint density at radius 1 is 1.20 bits per heavy atom. The number of likely N-dealkylation sites (tertiary alicyclic amines) is 1. The van der Waals surface area contributed by atoms with Gasteiger partial charge in [0.1, 0.15) is 17.7 Å².